The van der Waals surface area contributed by atoms with Crippen molar-refractivity contribution in [3.63, 3.8) is 0 Å². The zero-order valence-corrected chi connectivity index (χ0v) is 18.6. The third-order valence-corrected chi connectivity index (χ3v) is 7.21. The Bertz CT molecular complexity index is 1370. The standard InChI is InChI=1S/C26H23N3O2S/c1-18-23-25(32-24(18)21-10-6-3-7-11-21)27-17-29(26(23)31)16-22(30)28-14-12-20(13-15-28)19-8-4-2-5-9-19/h2-12,17H,13-16H2,1H3. The highest BCUT2D eigenvalue weighted by atomic mass is 32.1. The molecule has 0 radical (unpaired) electrons. The van der Waals surface area contributed by atoms with Crippen molar-refractivity contribution < 1.29 is 4.79 Å². The fourth-order valence-corrected chi connectivity index (χ4v) is 5.34. The van der Waals surface area contributed by atoms with E-state index in [0.717, 1.165) is 22.4 Å². The molecule has 0 fully saturated rings. The van der Waals surface area contributed by atoms with E-state index in [1.165, 1.54) is 33.4 Å². The maximum absolute atomic E-state index is 13.2. The van der Waals surface area contributed by atoms with Gasteiger partial charge in [0.25, 0.3) is 5.56 Å². The number of nitrogens with zero attached hydrogens (tertiary/aromatic N) is 3. The molecule has 2 aromatic heterocycles. The summed E-state index contributed by atoms with van der Waals surface area (Å²) in [6, 6.07) is 20.3. The molecule has 0 bridgehead atoms. The molecule has 0 saturated heterocycles. The fraction of sp³-hybridized carbons (Fsp3) is 0.192. The van der Waals surface area contributed by atoms with Gasteiger partial charge in [0, 0.05) is 18.0 Å². The molecule has 160 valence electrons. The van der Waals surface area contributed by atoms with Gasteiger partial charge >= 0.3 is 0 Å². The Kier molecular flexibility index (Phi) is 5.45. The van der Waals surface area contributed by atoms with Gasteiger partial charge in [0.1, 0.15) is 11.4 Å². The van der Waals surface area contributed by atoms with E-state index in [1.807, 2.05) is 55.5 Å². The summed E-state index contributed by atoms with van der Waals surface area (Å²) in [5.41, 5.74) is 4.30. The molecular formula is C26H23N3O2S. The number of aryl methyl sites for hydroxylation is 1. The van der Waals surface area contributed by atoms with Crippen LogP contribution in [0.4, 0.5) is 0 Å². The average Bonchev–Trinajstić information content (AvgIpc) is 3.19. The summed E-state index contributed by atoms with van der Waals surface area (Å²) in [5.74, 6) is -0.0622. The lowest BCUT2D eigenvalue weighted by atomic mass is 9.99. The molecule has 32 heavy (non-hydrogen) atoms. The second-order valence-corrected chi connectivity index (χ2v) is 8.96. The highest BCUT2D eigenvalue weighted by Gasteiger charge is 2.20. The first-order valence-corrected chi connectivity index (χ1v) is 11.5. The smallest absolute Gasteiger partial charge is 0.262 e. The van der Waals surface area contributed by atoms with Crippen molar-refractivity contribution in [2.24, 2.45) is 0 Å². The third kappa shape index (κ3) is 3.78. The molecule has 5 rings (SSSR count). The van der Waals surface area contributed by atoms with Gasteiger partial charge < -0.3 is 4.90 Å². The summed E-state index contributed by atoms with van der Waals surface area (Å²) in [5, 5.41) is 0.606. The minimum atomic E-state index is -0.156. The SMILES string of the molecule is Cc1c(-c2ccccc2)sc2ncn(CC(=O)N3CC=C(c4ccccc4)CC3)c(=O)c12. The first kappa shape index (κ1) is 20.4. The molecule has 1 aliphatic heterocycles. The van der Waals surface area contributed by atoms with Gasteiger partial charge in [-0.05, 0) is 35.6 Å². The normalized spacial score (nSPS) is 13.9. The van der Waals surface area contributed by atoms with E-state index in [2.05, 4.69) is 23.2 Å². The Labute approximate surface area is 190 Å². The van der Waals surface area contributed by atoms with E-state index in [9.17, 15) is 9.59 Å². The molecule has 0 unspecified atom stereocenters. The Morgan fingerprint density at radius 1 is 1.03 bits per heavy atom. The number of carbonyl (C=O) groups excluding carboxylic acids is 1. The van der Waals surface area contributed by atoms with Crippen LogP contribution in [0.25, 0.3) is 26.2 Å². The largest absolute Gasteiger partial charge is 0.337 e. The van der Waals surface area contributed by atoms with E-state index in [4.69, 9.17) is 0 Å². The molecule has 0 aliphatic carbocycles. The van der Waals surface area contributed by atoms with Crippen LogP contribution >= 0.6 is 11.3 Å². The molecule has 1 aliphatic rings. The topological polar surface area (TPSA) is 55.2 Å². The minimum Gasteiger partial charge on any atom is -0.337 e. The lowest BCUT2D eigenvalue weighted by molar-refractivity contribution is -0.131. The van der Waals surface area contributed by atoms with Gasteiger partial charge in [0.2, 0.25) is 5.91 Å². The number of hydrogen-bond acceptors (Lipinski definition) is 4. The van der Waals surface area contributed by atoms with Gasteiger partial charge in [0.15, 0.2) is 0 Å². The number of thiophene rings is 1. The molecule has 0 atom stereocenters. The number of rotatable bonds is 4. The molecular weight excluding hydrogens is 418 g/mol. The quantitative estimate of drug-likeness (QED) is 0.459. The maximum Gasteiger partial charge on any atom is 0.262 e. The second-order valence-electron chi connectivity index (χ2n) is 7.97. The van der Waals surface area contributed by atoms with Crippen LogP contribution in [0.15, 0.2) is 77.9 Å². The van der Waals surface area contributed by atoms with Crippen molar-refractivity contribution in [1.82, 2.24) is 14.5 Å². The molecule has 6 heteroatoms. The van der Waals surface area contributed by atoms with Crippen LogP contribution in [0.1, 0.15) is 17.5 Å². The Balaban J connectivity index is 1.37. The van der Waals surface area contributed by atoms with Gasteiger partial charge in [-0.3, -0.25) is 14.2 Å². The van der Waals surface area contributed by atoms with Crippen LogP contribution in [0.2, 0.25) is 0 Å². The van der Waals surface area contributed by atoms with Crippen molar-refractivity contribution in [2.75, 3.05) is 13.1 Å². The van der Waals surface area contributed by atoms with Gasteiger partial charge in [-0.15, -0.1) is 11.3 Å². The van der Waals surface area contributed by atoms with Gasteiger partial charge in [-0.25, -0.2) is 4.98 Å². The summed E-state index contributed by atoms with van der Waals surface area (Å²) < 4.78 is 1.44. The van der Waals surface area contributed by atoms with Crippen molar-refractivity contribution in [3.05, 3.63) is 94.5 Å². The Morgan fingerprint density at radius 3 is 2.38 bits per heavy atom. The first-order valence-electron chi connectivity index (χ1n) is 10.7. The molecule has 0 saturated carbocycles. The van der Waals surface area contributed by atoms with Crippen LogP contribution in [-0.4, -0.2) is 33.4 Å². The maximum atomic E-state index is 13.2. The zero-order valence-electron chi connectivity index (χ0n) is 17.8. The van der Waals surface area contributed by atoms with Gasteiger partial charge in [0.05, 0.1) is 11.7 Å². The fourth-order valence-electron chi connectivity index (χ4n) is 4.19. The molecule has 5 nitrogen and oxygen atoms in total. The van der Waals surface area contributed by atoms with Crippen molar-refractivity contribution in [3.8, 4) is 10.4 Å². The van der Waals surface area contributed by atoms with Crippen molar-refractivity contribution in [2.45, 2.75) is 19.9 Å². The monoisotopic (exact) mass is 441 g/mol. The number of aromatic nitrogens is 2. The van der Waals surface area contributed by atoms with Crippen molar-refractivity contribution in [1.29, 1.82) is 0 Å². The predicted octanol–water partition coefficient (Wildman–Crippen LogP) is 4.75. The number of carbonyl (C=O) groups is 1. The predicted molar refractivity (Wildman–Crippen MR) is 130 cm³/mol. The molecule has 3 heterocycles. The van der Waals surface area contributed by atoms with Crippen LogP contribution in [-0.2, 0) is 11.3 Å². The van der Waals surface area contributed by atoms with Crippen LogP contribution in [0.5, 0.6) is 0 Å². The van der Waals surface area contributed by atoms with E-state index < -0.39 is 0 Å². The molecule has 0 spiro atoms. The van der Waals surface area contributed by atoms with Crippen LogP contribution in [0, 0.1) is 6.92 Å². The van der Waals surface area contributed by atoms with E-state index in [0.29, 0.717) is 23.3 Å². The van der Waals surface area contributed by atoms with Gasteiger partial charge in [-0.2, -0.15) is 0 Å². The summed E-state index contributed by atoms with van der Waals surface area (Å²) in [6.07, 6.45) is 4.42. The van der Waals surface area contributed by atoms with Crippen LogP contribution in [0.3, 0.4) is 0 Å². The average molecular weight is 442 g/mol. The summed E-state index contributed by atoms with van der Waals surface area (Å²) in [7, 11) is 0. The number of fused-ring (bicyclic) bond motifs is 1. The summed E-state index contributed by atoms with van der Waals surface area (Å²) in [6.45, 7) is 3.17. The van der Waals surface area contributed by atoms with Gasteiger partial charge in [-0.1, -0.05) is 66.7 Å². The minimum absolute atomic E-state index is 0.00619. The third-order valence-electron chi connectivity index (χ3n) is 5.97. The first-order chi connectivity index (χ1) is 15.6. The van der Waals surface area contributed by atoms with E-state index in [-0.39, 0.29) is 18.0 Å². The van der Waals surface area contributed by atoms with E-state index >= 15 is 0 Å². The zero-order chi connectivity index (χ0) is 22.1. The highest BCUT2D eigenvalue weighted by Crippen LogP contribution is 2.35. The number of benzene rings is 2. The molecule has 2 aromatic carbocycles. The number of amides is 1. The molecule has 4 aromatic rings. The van der Waals surface area contributed by atoms with Crippen LogP contribution < -0.4 is 5.56 Å². The number of hydrogen-bond donors (Lipinski definition) is 0. The summed E-state index contributed by atoms with van der Waals surface area (Å²) >= 11 is 1.52. The Morgan fingerprint density at radius 2 is 1.72 bits per heavy atom. The lowest BCUT2D eigenvalue weighted by Gasteiger charge is -2.27. The second kappa shape index (κ2) is 8.55. The molecule has 1 amide bonds. The highest BCUT2D eigenvalue weighted by molar-refractivity contribution is 7.22. The summed E-state index contributed by atoms with van der Waals surface area (Å²) in [4.78, 5) is 34.2. The molecule has 0 N–H and O–H groups in total. The lowest BCUT2D eigenvalue weighted by Crippen LogP contribution is -2.39. The van der Waals surface area contributed by atoms with Crippen molar-refractivity contribution >= 4 is 33.0 Å². The van der Waals surface area contributed by atoms with E-state index in [1.54, 1.807) is 4.90 Å². The Hall–Kier alpha value is -3.51.